The van der Waals surface area contributed by atoms with Crippen LogP contribution in [0.3, 0.4) is 0 Å². The van der Waals surface area contributed by atoms with Crippen molar-refractivity contribution >= 4 is 0 Å². The van der Waals surface area contributed by atoms with Crippen LogP contribution in [0.25, 0.3) is 0 Å². The first-order valence-corrected chi connectivity index (χ1v) is 13.9. The third-order valence-electron chi connectivity index (χ3n) is 10.4. The second kappa shape index (κ2) is 10.9. The van der Waals surface area contributed by atoms with Crippen molar-refractivity contribution in [3.8, 4) is 0 Å². The van der Waals surface area contributed by atoms with Gasteiger partial charge in [0, 0.05) is 6.54 Å². The van der Waals surface area contributed by atoms with Crippen molar-refractivity contribution in [3.05, 3.63) is 11.6 Å². The molecule has 4 N–H and O–H groups in total. The Morgan fingerprint density at radius 3 is 2.41 bits per heavy atom. The molecule has 3 nitrogen and oxygen atoms in total. The third-order valence-corrected chi connectivity index (χ3v) is 10.4. The normalized spacial score (nSPS) is 41.7. The van der Waals surface area contributed by atoms with E-state index in [2.05, 4.69) is 40.7 Å². The van der Waals surface area contributed by atoms with Crippen LogP contribution in [-0.2, 0) is 0 Å². The van der Waals surface area contributed by atoms with E-state index in [0.717, 1.165) is 48.3 Å². The quantitative estimate of drug-likeness (QED) is 0.417. The standard InChI is InChI=1S/C27H46O.C2H7NO/c1-18(2)7-6-8-19(3)23-11-12-24-22-10-9-20-17-21(28)13-15-26(20,4)25(22)14-16-27(23,24)5;3-1-2-4/h9,18-19,21-25,28H,6-8,10-17H2,1-5H3;4H,1-3H2/t19?,21-,22-,23+,24-,25-,26-,27+;/m0./s1. The highest BCUT2D eigenvalue weighted by molar-refractivity contribution is 5.25. The van der Waals surface area contributed by atoms with Gasteiger partial charge < -0.3 is 15.9 Å². The van der Waals surface area contributed by atoms with Crippen LogP contribution in [0.2, 0.25) is 0 Å². The molecule has 4 rings (SSSR count). The predicted molar refractivity (Wildman–Crippen MR) is 135 cm³/mol. The summed E-state index contributed by atoms with van der Waals surface area (Å²) in [7, 11) is 0. The molecule has 32 heavy (non-hydrogen) atoms. The number of hydrogen-bond acceptors (Lipinski definition) is 3. The highest BCUT2D eigenvalue weighted by Crippen LogP contribution is 2.67. The van der Waals surface area contributed by atoms with E-state index in [1.54, 1.807) is 5.57 Å². The highest BCUT2D eigenvalue weighted by Gasteiger charge is 2.59. The molecule has 3 heteroatoms. The van der Waals surface area contributed by atoms with Crippen molar-refractivity contribution in [3.63, 3.8) is 0 Å². The molecule has 3 fully saturated rings. The van der Waals surface area contributed by atoms with Gasteiger partial charge in [-0.2, -0.15) is 0 Å². The van der Waals surface area contributed by atoms with Gasteiger partial charge in [-0.1, -0.05) is 65.5 Å². The van der Waals surface area contributed by atoms with E-state index in [9.17, 15) is 5.11 Å². The van der Waals surface area contributed by atoms with Crippen molar-refractivity contribution in [2.75, 3.05) is 13.2 Å². The summed E-state index contributed by atoms with van der Waals surface area (Å²) in [4.78, 5) is 0. The molecule has 4 aliphatic carbocycles. The van der Waals surface area contributed by atoms with Crippen LogP contribution in [0.4, 0.5) is 0 Å². The molecule has 0 bridgehead atoms. The lowest BCUT2D eigenvalue weighted by Crippen LogP contribution is -2.50. The van der Waals surface area contributed by atoms with Gasteiger partial charge in [-0.3, -0.25) is 0 Å². The third kappa shape index (κ3) is 5.15. The predicted octanol–water partition coefficient (Wildman–Crippen LogP) is 6.33. The van der Waals surface area contributed by atoms with Gasteiger partial charge >= 0.3 is 0 Å². The van der Waals surface area contributed by atoms with Crippen molar-refractivity contribution < 1.29 is 10.2 Å². The van der Waals surface area contributed by atoms with Crippen LogP contribution in [0, 0.1) is 46.3 Å². The van der Waals surface area contributed by atoms with E-state index in [-0.39, 0.29) is 12.7 Å². The van der Waals surface area contributed by atoms with Gasteiger partial charge in [0.1, 0.15) is 0 Å². The van der Waals surface area contributed by atoms with Crippen molar-refractivity contribution in [1.82, 2.24) is 0 Å². The minimum Gasteiger partial charge on any atom is -0.395 e. The molecule has 3 saturated carbocycles. The number of hydrogen-bond donors (Lipinski definition) is 3. The summed E-state index contributed by atoms with van der Waals surface area (Å²) in [5.41, 5.74) is 7.38. The Labute approximate surface area is 198 Å². The van der Waals surface area contributed by atoms with Crippen LogP contribution in [0.15, 0.2) is 11.6 Å². The zero-order chi connectivity index (χ0) is 23.5. The molecule has 8 atom stereocenters. The van der Waals surface area contributed by atoms with Gasteiger partial charge in [0.15, 0.2) is 0 Å². The number of nitrogens with two attached hydrogens (primary N) is 1. The first-order valence-electron chi connectivity index (χ1n) is 13.9. The Hall–Kier alpha value is -0.380. The largest absolute Gasteiger partial charge is 0.395 e. The van der Waals surface area contributed by atoms with Crippen molar-refractivity contribution in [2.45, 2.75) is 111 Å². The van der Waals surface area contributed by atoms with Crippen LogP contribution >= 0.6 is 0 Å². The minimum atomic E-state index is -0.0766. The Morgan fingerprint density at radius 2 is 1.75 bits per heavy atom. The lowest BCUT2D eigenvalue weighted by Gasteiger charge is -2.58. The molecular formula is C29H53NO2. The molecule has 0 amide bonds. The number of rotatable bonds is 6. The molecule has 0 heterocycles. The average molecular weight is 448 g/mol. The fourth-order valence-electron chi connectivity index (χ4n) is 8.67. The topological polar surface area (TPSA) is 66.5 Å². The first-order chi connectivity index (χ1) is 15.2. The summed E-state index contributed by atoms with van der Waals surface area (Å²) in [5.74, 6) is 5.46. The van der Waals surface area contributed by atoms with Gasteiger partial charge in [-0.15, -0.1) is 0 Å². The maximum Gasteiger partial charge on any atom is 0.0577 e. The summed E-state index contributed by atoms with van der Waals surface area (Å²) in [6.07, 6.45) is 17.2. The SMILES string of the molecule is CC(C)CCCC(C)[C@H]1CC[C@H]2[C@@H]3CC=C4C[C@@H](O)CC[C@]4(C)[C@H]3CC[C@]12C.NCCO. The molecule has 186 valence electrons. The minimum absolute atomic E-state index is 0.0766. The summed E-state index contributed by atoms with van der Waals surface area (Å²) in [5, 5.41) is 18.0. The van der Waals surface area contributed by atoms with E-state index in [1.165, 1.54) is 57.8 Å². The summed E-state index contributed by atoms with van der Waals surface area (Å²) < 4.78 is 0. The van der Waals surface area contributed by atoms with E-state index in [0.29, 0.717) is 17.4 Å². The maximum absolute atomic E-state index is 10.2. The lowest BCUT2D eigenvalue weighted by atomic mass is 9.47. The molecule has 0 aliphatic heterocycles. The molecule has 4 aliphatic rings. The zero-order valence-electron chi connectivity index (χ0n) is 21.8. The Balaban J connectivity index is 0.000000668. The van der Waals surface area contributed by atoms with E-state index in [4.69, 9.17) is 10.8 Å². The van der Waals surface area contributed by atoms with Crippen LogP contribution < -0.4 is 5.73 Å². The van der Waals surface area contributed by atoms with E-state index < -0.39 is 0 Å². The van der Waals surface area contributed by atoms with Crippen molar-refractivity contribution in [2.24, 2.45) is 52.1 Å². The molecule has 0 aromatic rings. The van der Waals surface area contributed by atoms with Gasteiger partial charge in [-0.25, -0.2) is 0 Å². The first kappa shape index (κ1) is 26.2. The molecule has 0 aromatic carbocycles. The van der Waals surface area contributed by atoms with Crippen molar-refractivity contribution in [1.29, 1.82) is 0 Å². The summed E-state index contributed by atoms with van der Waals surface area (Å²) in [6, 6.07) is 0. The number of allylic oxidation sites excluding steroid dienone is 1. The second-order valence-corrected chi connectivity index (χ2v) is 12.7. The van der Waals surface area contributed by atoms with Gasteiger partial charge in [0.05, 0.1) is 12.7 Å². The maximum atomic E-state index is 10.2. The fraction of sp³-hybridized carbons (Fsp3) is 0.931. The molecule has 0 saturated heterocycles. The van der Waals surface area contributed by atoms with Gasteiger partial charge in [0.2, 0.25) is 0 Å². The van der Waals surface area contributed by atoms with E-state index in [1.807, 2.05) is 0 Å². The Kier molecular flexibility index (Phi) is 8.94. The van der Waals surface area contributed by atoms with Gasteiger partial charge in [0.25, 0.3) is 0 Å². The molecular weight excluding hydrogens is 394 g/mol. The second-order valence-electron chi connectivity index (χ2n) is 12.7. The fourth-order valence-corrected chi connectivity index (χ4v) is 8.67. The van der Waals surface area contributed by atoms with Crippen LogP contribution in [0.5, 0.6) is 0 Å². The smallest absolute Gasteiger partial charge is 0.0577 e. The average Bonchev–Trinajstić information content (AvgIpc) is 3.11. The van der Waals surface area contributed by atoms with Crippen LogP contribution in [-0.4, -0.2) is 29.5 Å². The summed E-state index contributed by atoms with van der Waals surface area (Å²) in [6.45, 7) is 13.0. The zero-order valence-corrected chi connectivity index (χ0v) is 21.8. The molecule has 0 aromatic heterocycles. The molecule has 0 radical (unpaired) electrons. The number of aliphatic hydroxyl groups is 2. The Morgan fingerprint density at radius 1 is 1.03 bits per heavy atom. The lowest BCUT2D eigenvalue weighted by molar-refractivity contribution is -0.0573. The number of aliphatic hydroxyl groups excluding tert-OH is 2. The highest BCUT2D eigenvalue weighted by atomic mass is 16.3. The summed E-state index contributed by atoms with van der Waals surface area (Å²) >= 11 is 0. The van der Waals surface area contributed by atoms with E-state index >= 15 is 0 Å². The van der Waals surface area contributed by atoms with Crippen LogP contribution in [0.1, 0.15) is 105 Å². The molecule has 1 unspecified atom stereocenters. The Bertz CT molecular complexity index is 629. The molecule has 0 spiro atoms. The number of fused-ring (bicyclic) bond motifs is 5. The monoisotopic (exact) mass is 447 g/mol. The van der Waals surface area contributed by atoms with Gasteiger partial charge in [-0.05, 0) is 97.7 Å².